The second-order valence-corrected chi connectivity index (χ2v) is 4.40. The molecule has 0 aliphatic carbocycles. The lowest BCUT2D eigenvalue weighted by atomic mass is 10.1. The highest BCUT2D eigenvalue weighted by molar-refractivity contribution is 5.89. The van der Waals surface area contributed by atoms with Crippen LogP contribution in [0.15, 0.2) is 36.4 Å². The first kappa shape index (κ1) is 12.5. The van der Waals surface area contributed by atoms with Gasteiger partial charge in [0.25, 0.3) is 0 Å². The van der Waals surface area contributed by atoms with Crippen LogP contribution in [0.1, 0.15) is 25.8 Å². The molecule has 1 aromatic rings. The fourth-order valence-electron chi connectivity index (χ4n) is 1.36. The number of hydrogen-bond donors (Lipinski definition) is 0. The van der Waals surface area contributed by atoms with Gasteiger partial charge in [-0.25, -0.2) is 4.79 Å². The number of benzene rings is 1. The first-order valence-electron chi connectivity index (χ1n) is 5.45. The van der Waals surface area contributed by atoms with Gasteiger partial charge in [0.1, 0.15) is 5.75 Å². The van der Waals surface area contributed by atoms with Crippen LogP contribution in [-0.4, -0.2) is 5.97 Å². The van der Waals surface area contributed by atoms with E-state index in [1.165, 1.54) is 0 Å². The van der Waals surface area contributed by atoms with Gasteiger partial charge < -0.3 is 4.74 Å². The maximum Gasteiger partial charge on any atom is 0.338 e. The molecule has 2 nitrogen and oxygen atoms in total. The first-order chi connectivity index (χ1) is 7.49. The van der Waals surface area contributed by atoms with Gasteiger partial charge in [-0.05, 0) is 31.4 Å². The molecule has 0 saturated heterocycles. The van der Waals surface area contributed by atoms with Gasteiger partial charge >= 0.3 is 5.97 Å². The van der Waals surface area contributed by atoms with E-state index in [0.29, 0.717) is 23.7 Å². The van der Waals surface area contributed by atoms with Crippen LogP contribution in [0.4, 0.5) is 0 Å². The van der Waals surface area contributed by atoms with Crippen LogP contribution in [0.3, 0.4) is 0 Å². The molecule has 0 amide bonds. The van der Waals surface area contributed by atoms with Gasteiger partial charge in [0.15, 0.2) is 0 Å². The van der Waals surface area contributed by atoms with E-state index in [0.717, 1.165) is 5.56 Å². The molecule has 0 N–H and O–H groups in total. The second kappa shape index (κ2) is 5.50. The number of carbonyl (C=O) groups excluding carboxylic acids is 1. The summed E-state index contributed by atoms with van der Waals surface area (Å²) in [5, 5.41) is 0. The molecule has 0 heterocycles. The summed E-state index contributed by atoms with van der Waals surface area (Å²) in [6.45, 7) is 9.82. The van der Waals surface area contributed by atoms with Crippen LogP contribution in [0.5, 0.6) is 5.75 Å². The Morgan fingerprint density at radius 1 is 1.31 bits per heavy atom. The van der Waals surface area contributed by atoms with Crippen molar-refractivity contribution in [2.75, 3.05) is 0 Å². The quantitative estimate of drug-likeness (QED) is 0.439. The second-order valence-electron chi connectivity index (χ2n) is 4.40. The predicted molar refractivity (Wildman–Crippen MR) is 65.4 cm³/mol. The number of esters is 1. The van der Waals surface area contributed by atoms with E-state index in [2.05, 4.69) is 6.58 Å². The molecule has 2 heteroatoms. The van der Waals surface area contributed by atoms with Gasteiger partial charge in [-0.3, -0.25) is 0 Å². The third-order valence-electron chi connectivity index (χ3n) is 2.17. The minimum absolute atomic E-state index is 0.336. The minimum Gasteiger partial charge on any atom is -0.423 e. The Balaban J connectivity index is 2.57. The lowest BCUT2D eigenvalue weighted by Gasteiger charge is -2.08. The SMILES string of the molecule is C=C(CC(C)C)C(=O)Oc1ccc(C)cc1. The van der Waals surface area contributed by atoms with Crippen molar-refractivity contribution in [2.45, 2.75) is 27.2 Å². The summed E-state index contributed by atoms with van der Waals surface area (Å²) in [6.07, 6.45) is 0.671. The van der Waals surface area contributed by atoms with Gasteiger partial charge in [0.05, 0.1) is 0 Å². The van der Waals surface area contributed by atoms with Gasteiger partial charge in [0, 0.05) is 5.57 Å². The molecule has 0 saturated carbocycles. The van der Waals surface area contributed by atoms with E-state index in [-0.39, 0.29) is 5.97 Å². The van der Waals surface area contributed by atoms with E-state index < -0.39 is 0 Å². The van der Waals surface area contributed by atoms with Crippen molar-refractivity contribution in [3.63, 3.8) is 0 Å². The first-order valence-corrected chi connectivity index (χ1v) is 5.45. The monoisotopic (exact) mass is 218 g/mol. The van der Waals surface area contributed by atoms with Crippen LogP contribution >= 0.6 is 0 Å². The third-order valence-corrected chi connectivity index (χ3v) is 2.17. The zero-order valence-corrected chi connectivity index (χ0v) is 10.1. The summed E-state index contributed by atoms with van der Waals surface area (Å²) >= 11 is 0. The highest BCUT2D eigenvalue weighted by Crippen LogP contribution is 2.15. The number of aryl methyl sites for hydroxylation is 1. The summed E-state index contributed by atoms with van der Waals surface area (Å²) < 4.78 is 5.19. The van der Waals surface area contributed by atoms with Crippen LogP contribution in [0.25, 0.3) is 0 Å². The van der Waals surface area contributed by atoms with Gasteiger partial charge in [0.2, 0.25) is 0 Å². The van der Waals surface area contributed by atoms with Crippen LogP contribution in [0.2, 0.25) is 0 Å². The molecule has 0 radical (unpaired) electrons. The Kier molecular flexibility index (Phi) is 4.29. The average molecular weight is 218 g/mol. The Hall–Kier alpha value is -1.57. The molecule has 0 fully saturated rings. The van der Waals surface area contributed by atoms with Gasteiger partial charge in [-0.1, -0.05) is 38.1 Å². The smallest absolute Gasteiger partial charge is 0.338 e. The molecular formula is C14H18O2. The number of hydrogen-bond acceptors (Lipinski definition) is 2. The standard InChI is InChI=1S/C14H18O2/c1-10(2)9-12(4)14(15)16-13-7-5-11(3)6-8-13/h5-8,10H,4,9H2,1-3H3. The topological polar surface area (TPSA) is 26.3 Å². The van der Waals surface area contributed by atoms with Crippen molar-refractivity contribution in [3.8, 4) is 5.75 Å². The summed E-state index contributed by atoms with van der Waals surface area (Å²) in [6, 6.07) is 7.40. The number of carbonyl (C=O) groups is 1. The van der Waals surface area contributed by atoms with Crippen molar-refractivity contribution >= 4 is 5.97 Å². The van der Waals surface area contributed by atoms with Gasteiger partial charge in [-0.2, -0.15) is 0 Å². The lowest BCUT2D eigenvalue weighted by Crippen LogP contribution is -2.11. The molecule has 0 atom stereocenters. The molecule has 16 heavy (non-hydrogen) atoms. The molecule has 1 rings (SSSR count). The number of rotatable bonds is 4. The molecule has 0 aliphatic rings. The van der Waals surface area contributed by atoms with E-state index in [9.17, 15) is 4.79 Å². The summed E-state index contributed by atoms with van der Waals surface area (Å²) in [5.74, 6) is 0.649. The zero-order valence-electron chi connectivity index (χ0n) is 10.1. The van der Waals surface area contributed by atoms with E-state index in [1.54, 1.807) is 12.1 Å². The molecule has 0 bridgehead atoms. The maximum absolute atomic E-state index is 11.6. The van der Waals surface area contributed by atoms with Crippen LogP contribution in [0, 0.1) is 12.8 Å². The largest absolute Gasteiger partial charge is 0.423 e. The Morgan fingerprint density at radius 2 is 1.88 bits per heavy atom. The summed E-state index contributed by atoms with van der Waals surface area (Å²) in [7, 11) is 0. The number of ether oxygens (including phenoxy) is 1. The van der Waals surface area contributed by atoms with Crippen LogP contribution < -0.4 is 4.74 Å². The van der Waals surface area contributed by atoms with Crippen LogP contribution in [-0.2, 0) is 4.79 Å². The normalized spacial score (nSPS) is 10.2. The Morgan fingerprint density at radius 3 is 2.38 bits per heavy atom. The molecule has 0 aromatic heterocycles. The highest BCUT2D eigenvalue weighted by atomic mass is 16.5. The molecule has 86 valence electrons. The average Bonchev–Trinajstić information content (AvgIpc) is 2.20. The van der Waals surface area contributed by atoms with Crippen molar-refractivity contribution in [2.24, 2.45) is 5.92 Å². The van der Waals surface area contributed by atoms with E-state index in [4.69, 9.17) is 4.74 Å². The lowest BCUT2D eigenvalue weighted by molar-refractivity contribution is -0.130. The van der Waals surface area contributed by atoms with Crippen molar-refractivity contribution in [1.82, 2.24) is 0 Å². The predicted octanol–water partition coefficient (Wildman–Crippen LogP) is 3.50. The fourth-order valence-corrected chi connectivity index (χ4v) is 1.36. The molecule has 1 aromatic carbocycles. The maximum atomic E-state index is 11.6. The highest BCUT2D eigenvalue weighted by Gasteiger charge is 2.11. The van der Waals surface area contributed by atoms with Gasteiger partial charge in [-0.15, -0.1) is 0 Å². The molecule has 0 unspecified atom stereocenters. The molecular weight excluding hydrogens is 200 g/mol. The van der Waals surface area contributed by atoms with Crippen molar-refractivity contribution in [3.05, 3.63) is 42.0 Å². The molecule has 0 spiro atoms. The minimum atomic E-state index is -0.336. The third kappa shape index (κ3) is 3.89. The Bertz CT molecular complexity index is 374. The summed E-state index contributed by atoms with van der Waals surface area (Å²) in [5.41, 5.74) is 1.66. The van der Waals surface area contributed by atoms with E-state index in [1.807, 2.05) is 32.9 Å². The van der Waals surface area contributed by atoms with E-state index >= 15 is 0 Å². The zero-order chi connectivity index (χ0) is 12.1. The van der Waals surface area contributed by atoms with Crippen molar-refractivity contribution < 1.29 is 9.53 Å². The van der Waals surface area contributed by atoms with Crippen molar-refractivity contribution in [1.29, 1.82) is 0 Å². The fraction of sp³-hybridized carbons (Fsp3) is 0.357. The summed E-state index contributed by atoms with van der Waals surface area (Å²) in [4.78, 5) is 11.6. The molecule has 0 aliphatic heterocycles. The Labute approximate surface area is 96.9 Å².